The number of nitrogens with zero attached hydrogens (tertiary/aromatic N) is 4. The van der Waals surface area contributed by atoms with Crippen molar-refractivity contribution in [1.82, 2.24) is 19.7 Å². The van der Waals surface area contributed by atoms with Gasteiger partial charge in [0.2, 0.25) is 0 Å². The van der Waals surface area contributed by atoms with Crippen LogP contribution in [0.15, 0.2) is 30.9 Å². The summed E-state index contributed by atoms with van der Waals surface area (Å²) >= 11 is 0. The molecule has 130 valence electrons. The van der Waals surface area contributed by atoms with Gasteiger partial charge in [0, 0.05) is 36.9 Å². The van der Waals surface area contributed by atoms with Crippen LogP contribution in [0.25, 0.3) is 10.9 Å². The summed E-state index contributed by atoms with van der Waals surface area (Å²) in [4.78, 5) is 8.47. The number of hydrogen-bond donors (Lipinski definition) is 1. The first kappa shape index (κ1) is 15.8. The number of rotatable bonds is 4. The maximum absolute atomic E-state index is 13.9. The standard InChI is InChI=1S/C17H18FN5O2/c1-23-8-10(7-21-23)16-13(3-4-25-16)22-17-11-5-15(24-2)12(18)6-14(11)19-9-20-17/h5-9,13,16H,3-4H2,1-2H3,(H,19,20,22)/t13-,16+/m0/s1. The minimum absolute atomic E-state index is 0.0401. The highest BCUT2D eigenvalue weighted by molar-refractivity contribution is 5.90. The number of ether oxygens (including phenoxy) is 2. The van der Waals surface area contributed by atoms with Gasteiger partial charge in [-0.2, -0.15) is 5.10 Å². The van der Waals surface area contributed by atoms with Crippen molar-refractivity contribution >= 4 is 16.7 Å². The van der Waals surface area contributed by atoms with Crippen LogP contribution in [0.3, 0.4) is 0 Å². The molecule has 3 heterocycles. The predicted molar refractivity (Wildman–Crippen MR) is 90.0 cm³/mol. The number of hydrogen-bond acceptors (Lipinski definition) is 6. The number of benzene rings is 1. The van der Waals surface area contributed by atoms with Crippen molar-refractivity contribution in [3.63, 3.8) is 0 Å². The average Bonchev–Trinajstić information content (AvgIpc) is 3.23. The normalized spacial score (nSPS) is 20.1. The van der Waals surface area contributed by atoms with E-state index in [-0.39, 0.29) is 17.9 Å². The topological polar surface area (TPSA) is 74.1 Å². The highest BCUT2D eigenvalue weighted by atomic mass is 19.1. The Bertz CT molecular complexity index is 913. The summed E-state index contributed by atoms with van der Waals surface area (Å²) in [5, 5.41) is 8.34. The molecule has 1 saturated heterocycles. The van der Waals surface area contributed by atoms with Crippen molar-refractivity contribution in [2.24, 2.45) is 7.05 Å². The van der Waals surface area contributed by atoms with Crippen LogP contribution < -0.4 is 10.1 Å². The van der Waals surface area contributed by atoms with Crippen molar-refractivity contribution in [1.29, 1.82) is 0 Å². The number of methoxy groups -OCH3 is 1. The number of anilines is 1. The van der Waals surface area contributed by atoms with E-state index < -0.39 is 5.82 Å². The molecule has 0 spiro atoms. The fourth-order valence-corrected chi connectivity index (χ4v) is 3.16. The maximum atomic E-state index is 13.9. The van der Waals surface area contributed by atoms with Crippen LogP contribution in [-0.4, -0.2) is 39.5 Å². The molecule has 4 rings (SSSR count). The van der Waals surface area contributed by atoms with Gasteiger partial charge in [0.05, 0.1) is 24.9 Å². The van der Waals surface area contributed by atoms with Crippen LogP contribution in [0.4, 0.5) is 10.2 Å². The van der Waals surface area contributed by atoms with Crippen LogP contribution in [0, 0.1) is 5.82 Å². The summed E-state index contributed by atoms with van der Waals surface area (Å²) in [6, 6.07) is 3.01. The van der Waals surface area contributed by atoms with Gasteiger partial charge in [-0.05, 0) is 12.5 Å². The van der Waals surface area contributed by atoms with Crippen LogP contribution in [0.5, 0.6) is 5.75 Å². The molecule has 1 N–H and O–H groups in total. The Labute approximate surface area is 143 Å². The predicted octanol–water partition coefficient (Wildman–Crippen LogP) is 2.45. The smallest absolute Gasteiger partial charge is 0.167 e. The third-order valence-corrected chi connectivity index (χ3v) is 4.38. The van der Waals surface area contributed by atoms with Gasteiger partial charge in [-0.3, -0.25) is 4.68 Å². The summed E-state index contributed by atoms with van der Waals surface area (Å²) < 4.78 is 26.6. The van der Waals surface area contributed by atoms with Crippen LogP contribution in [0.2, 0.25) is 0 Å². The summed E-state index contributed by atoms with van der Waals surface area (Å²) in [5.74, 6) is 0.349. The third kappa shape index (κ3) is 2.89. The summed E-state index contributed by atoms with van der Waals surface area (Å²) in [6.07, 6.45) is 5.90. The largest absolute Gasteiger partial charge is 0.494 e. The molecule has 0 radical (unpaired) electrons. The Kier molecular flexibility index (Phi) is 3.96. The van der Waals surface area contributed by atoms with E-state index in [0.717, 1.165) is 12.0 Å². The second-order valence-corrected chi connectivity index (χ2v) is 6.00. The van der Waals surface area contributed by atoms with E-state index in [1.54, 1.807) is 16.9 Å². The number of halogens is 1. The first-order chi connectivity index (χ1) is 12.2. The number of nitrogens with one attached hydrogen (secondary N) is 1. The highest BCUT2D eigenvalue weighted by Gasteiger charge is 2.31. The zero-order chi connectivity index (χ0) is 17.4. The van der Waals surface area contributed by atoms with Crippen molar-refractivity contribution < 1.29 is 13.9 Å². The Balaban J connectivity index is 1.68. The molecule has 1 aliphatic rings. The molecule has 1 aromatic carbocycles. The lowest BCUT2D eigenvalue weighted by Gasteiger charge is -2.20. The van der Waals surface area contributed by atoms with E-state index >= 15 is 0 Å². The second-order valence-electron chi connectivity index (χ2n) is 6.00. The van der Waals surface area contributed by atoms with Gasteiger partial charge in [-0.1, -0.05) is 0 Å². The van der Waals surface area contributed by atoms with E-state index in [2.05, 4.69) is 20.4 Å². The fraction of sp³-hybridized carbons (Fsp3) is 0.353. The number of aromatic nitrogens is 4. The summed E-state index contributed by atoms with van der Waals surface area (Å²) in [5.41, 5.74) is 1.53. The molecule has 0 bridgehead atoms. The minimum Gasteiger partial charge on any atom is -0.494 e. The Hall–Kier alpha value is -2.74. The average molecular weight is 343 g/mol. The van der Waals surface area contributed by atoms with Crippen LogP contribution in [-0.2, 0) is 11.8 Å². The van der Waals surface area contributed by atoms with Gasteiger partial charge in [0.25, 0.3) is 0 Å². The Morgan fingerprint density at radius 3 is 3.00 bits per heavy atom. The van der Waals surface area contributed by atoms with Crippen molar-refractivity contribution in [3.8, 4) is 5.75 Å². The number of fused-ring (bicyclic) bond motifs is 1. The lowest BCUT2D eigenvalue weighted by molar-refractivity contribution is 0.107. The van der Waals surface area contributed by atoms with Gasteiger partial charge >= 0.3 is 0 Å². The molecule has 2 aromatic heterocycles. The molecule has 0 amide bonds. The van der Waals surface area contributed by atoms with Gasteiger partial charge in [-0.25, -0.2) is 14.4 Å². The summed E-state index contributed by atoms with van der Waals surface area (Å²) in [6.45, 7) is 0.651. The molecule has 1 aliphatic heterocycles. The highest BCUT2D eigenvalue weighted by Crippen LogP contribution is 2.33. The van der Waals surface area contributed by atoms with Gasteiger partial charge in [0.1, 0.15) is 18.2 Å². The summed E-state index contributed by atoms with van der Waals surface area (Å²) in [7, 11) is 3.31. The van der Waals surface area contributed by atoms with Gasteiger partial charge in [-0.15, -0.1) is 0 Å². The van der Waals surface area contributed by atoms with E-state index in [1.807, 2.05) is 13.2 Å². The molecule has 0 saturated carbocycles. The zero-order valence-corrected chi connectivity index (χ0v) is 13.9. The molecule has 3 aromatic rings. The molecule has 0 aliphatic carbocycles. The first-order valence-corrected chi connectivity index (χ1v) is 8.00. The van der Waals surface area contributed by atoms with Crippen LogP contribution >= 0.6 is 0 Å². The van der Waals surface area contributed by atoms with Crippen molar-refractivity contribution in [3.05, 3.63) is 42.2 Å². The number of aryl methyl sites for hydroxylation is 1. The van der Waals surface area contributed by atoms with Crippen molar-refractivity contribution in [2.45, 2.75) is 18.6 Å². The molecule has 2 atom stereocenters. The minimum atomic E-state index is -0.447. The first-order valence-electron chi connectivity index (χ1n) is 8.00. The quantitative estimate of drug-likeness (QED) is 0.784. The third-order valence-electron chi connectivity index (χ3n) is 4.38. The Morgan fingerprint density at radius 2 is 2.24 bits per heavy atom. The molecule has 25 heavy (non-hydrogen) atoms. The van der Waals surface area contributed by atoms with Crippen LogP contribution in [0.1, 0.15) is 18.1 Å². The molecule has 7 nitrogen and oxygen atoms in total. The zero-order valence-electron chi connectivity index (χ0n) is 13.9. The maximum Gasteiger partial charge on any atom is 0.167 e. The molecular formula is C17H18FN5O2. The SMILES string of the molecule is COc1cc2c(N[C@H]3CCO[C@@H]3c3cnn(C)c3)ncnc2cc1F. The monoisotopic (exact) mass is 343 g/mol. The Morgan fingerprint density at radius 1 is 1.36 bits per heavy atom. The van der Waals surface area contributed by atoms with Gasteiger partial charge < -0.3 is 14.8 Å². The fourth-order valence-electron chi connectivity index (χ4n) is 3.16. The lowest BCUT2D eigenvalue weighted by Crippen LogP contribution is -2.23. The van der Waals surface area contributed by atoms with Gasteiger partial charge in [0.15, 0.2) is 11.6 Å². The van der Waals surface area contributed by atoms with E-state index in [9.17, 15) is 4.39 Å². The molecule has 8 heteroatoms. The molecule has 0 unspecified atom stereocenters. The second kappa shape index (κ2) is 6.29. The van der Waals surface area contributed by atoms with E-state index in [0.29, 0.717) is 23.3 Å². The van der Waals surface area contributed by atoms with E-state index in [4.69, 9.17) is 9.47 Å². The van der Waals surface area contributed by atoms with Crippen molar-refractivity contribution in [2.75, 3.05) is 19.0 Å². The van der Waals surface area contributed by atoms with E-state index in [1.165, 1.54) is 19.5 Å². The lowest BCUT2D eigenvalue weighted by atomic mass is 10.1. The molecule has 1 fully saturated rings. The molecular weight excluding hydrogens is 325 g/mol.